The number of para-hydroxylation sites is 1. The number of H-pyrrole nitrogens is 1. The molecule has 4 rings (SSSR count). The summed E-state index contributed by atoms with van der Waals surface area (Å²) in [6, 6.07) is 13.0. The van der Waals surface area contributed by atoms with Crippen molar-refractivity contribution in [3.63, 3.8) is 0 Å². The van der Waals surface area contributed by atoms with E-state index in [2.05, 4.69) is 30.8 Å². The molecule has 4 aromatic rings. The van der Waals surface area contributed by atoms with Crippen molar-refractivity contribution in [3.8, 4) is 0 Å². The smallest absolute Gasteiger partial charge is 0.289 e. The van der Waals surface area contributed by atoms with Gasteiger partial charge in [-0.15, -0.1) is 0 Å². The molecular formula is C20H20ClN7O. The summed E-state index contributed by atoms with van der Waals surface area (Å²) in [5.74, 6) is 0.826. The Hall–Kier alpha value is -3.23. The standard InChI is InChI=1S/C20H20ClN7O/c1-28(2)10-9-22-20(29)19-23-15-8-7-12(21)11-14(15)17(25-19)24-18-13-5-3-4-6-16(13)26-27-18/h3-8,11H,9-10H2,1-2H3,(H,22,29)(H2,23,24,25,26,27). The molecule has 0 unspecified atom stereocenters. The normalized spacial score (nSPS) is 11.3. The van der Waals surface area contributed by atoms with Gasteiger partial charge >= 0.3 is 0 Å². The third-order valence-electron chi connectivity index (χ3n) is 4.41. The lowest BCUT2D eigenvalue weighted by Gasteiger charge is -2.12. The van der Waals surface area contributed by atoms with Gasteiger partial charge in [0, 0.05) is 28.9 Å². The molecule has 148 valence electrons. The number of likely N-dealkylation sites (N-methyl/N-ethyl adjacent to an activating group) is 1. The van der Waals surface area contributed by atoms with E-state index in [0.29, 0.717) is 34.1 Å². The van der Waals surface area contributed by atoms with Crippen molar-refractivity contribution in [3.05, 3.63) is 53.3 Å². The number of aromatic amines is 1. The molecule has 0 radical (unpaired) electrons. The Morgan fingerprint density at radius 2 is 1.93 bits per heavy atom. The monoisotopic (exact) mass is 409 g/mol. The maximum absolute atomic E-state index is 12.6. The van der Waals surface area contributed by atoms with Crippen molar-refractivity contribution in [1.29, 1.82) is 0 Å². The number of nitrogens with one attached hydrogen (secondary N) is 3. The first-order valence-electron chi connectivity index (χ1n) is 9.11. The van der Waals surface area contributed by atoms with Crippen LogP contribution in [0.3, 0.4) is 0 Å². The van der Waals surface area contributed by atoms with Gasteiger partial charge in [-0.25, -0.2) is 9.97 Å². The number of hydrogen-bond donors (Lipinski definition) is 3. The predicted molar refractivity (Wildman–Crippen MR) is 115 cm³/mol. The van der Waals surface area contributed by atoms with E-state index >= 15 is 0 Å². The summed E-state index contributed by atoms with van der Waals surface area (Å²) < 4.78 is 0. The molecule has 0 saturated carbocycles. The van der Waals surface area contributed by atoms with Crippen LogP contribution in [0.2, 0.25) is 5.02 Å². The Morgan fingerprint density at radius 3 is 2.76 bits per heavy atom. The van der Waals surface area contributed by atoms with Gasteiger partial charge < -0.3 is 15.5 Å². The minimum Gasteiger partial charge on any atom is -0.348 e. The number of benzene rings is 2. The largest absolute Gasteiger partial charge is 0.348 e. The van der Waals surface area contributed by atoms with Crippen LogP contribution in [0.1, 0.15) is 10.6 Å². The van der Waals surface area contributed by atoms with E-state index < -0.39 is 0 Å². The van der Waals surface area contributed by atoms with Crippen molar-refractivity contribution in [2.24, 2.45) is 0 Å². The fourth-order valence-corrected chi connectivity index (χ4v) is 3.11. The average Bonchev–Trinajstić information content (AvgIpc) is 3.11. The molecule has 0 bridgehead atoms. The van der Waals surface area contributed by atoms with Gasteiger partial charge in [0.2, 0.25) is 5.82 Å². The topological polar surface area (TPSA) is 98.8 Å². The van der Waals surface area contributed by atoms with E-state index in [4.69, 9.17) is 11.6 Å². The fraction of sp³-hybridized carbons (Fsp3) is 0.200. The highest BCUT2D eigenvalue weighted by atomic mass is 35.5. The van der Waals surface area contributed by atoms with E-state index in [-0.39, 0.29) is 11.7 Å². The molecule has 0 fully saturated rings. The SMILES string of the molecule is CN(C)CCNC(=O)c1nc(Nc2n[nH]c3ccccc23)c2cc(Cl)ccc2n1. The number of carbonyl (C=O) groups is 1. The molecule has 0 aliphatic rings. The van der Waals surface area contributed by atoms with Crippen molar-refractivity contribution in [2.45, 2.75) is 0 Å². The lowest BCUT2D eigenvalue weighted by molar-refractivity contribution is 0.0941. The van der Waals surface area contributed by atoms with Crippen LogP contribution in [0.15, 0.2) is 42.5 Å². The number of halogens is 1. The highest BCUT2D eigenvalue weighted by Crippen LogP contribution is 2.29. The van der Waals surface area contributed by atoms with E-state index in [1.165, 1.54) is 0 Å². The summed E-state index contributed by atoms with van der Waals surface area (Å²) in [5, 5.41) is 15.5. The van der Waals surface area contributed by atoms with Crippen molar-refractivity contribution in [2.75, 3.05) is 32.5 Å². The number of amides is 1. The Morgan fingerprint density at radius 1 is 1.10 bits per heavy atom. The number of anilines is 2. The van der Waals surface area contributed by atoms with E-state index in [1.54, 1.807) is 18.2 Å². The third kappa shape index (κ3) is 4.13. The zero-order valence-corrected chi connectivity index (χ0v) is 16.8. The summed E-state index contributed by atoms with van der Waals surface area (Å²) in [4.78, 5) is 23.4. The Kier molecular flexibility index (Phi) is 5.28. The van der Waals surface area contributed by atoms with Crippen LogP contribution in [-0.2, 0) is 0 Å². The molecule has 0 saturated heterocycles. The Labute approximate surface area is 172 Å². The lowest BCUT2D eigenvalue weighted by Crippen LogP contribution is -2.32. The van der Waals surface area contributed by atoms with Gasteiger partial charge in [0.1, 0.15) is 5.82 Å². The number of rotatable bonds is 6. The molecule has 2 aromatic carbocycles. The second kappa shape index (κ2) is 8.02. The van der Waals surface area contributed by atoms with Crippen molar-refractivity contribution in [1.82, 2.24) is 30.4 Å². The van der Waals surface area contributed by atoms with Crippen molar-refractivity contribution >= 4 is 50.9 Å². The molecule has 2 aromatic heterocycles. The number of aromatic nitrogens is 4. The summed E-state index contributed by atoms with van der Waals surface area (Å²) in [5.41, 5.74) is 1.51. The number of nitrogens with zero attached hydrogens (tertiary/aromatic N) is 4. The summed E-state index contributed by atoms with van der Waals surface area (Å²) >= 11 is 6.18. The zero-order chi connectivity index (χ0) is 20.4. The third-order valence-corrected chi connectivity index (χ3v) is 4.65. The van der Waals surface area contributed by atoms with Gasteiger partial charge in [-0.05, 0) is 44.4 Å². The van der Waals surface area contributed by atoms with Crippen LogP contribution in [-0.4, -0.2) is 58.2 Å². The highest BCUT2D eigenvalue weighted by Gasteiger charge is 2.16. The Balaban J connectivity index is 1.72. The van der Waals surface area contributed by atoms with Crippen LogP contribution >= 0.6 is 11.6 Å². The van der Waals surface area contributed by atoms with Crippen molar-refractivity contribution < 1.29 is 4.79 Å². The van der Waals surface area contributed by atoms with Gasteiger partial charge in [-0.1, -0.05) is 23.7 Å². The van der Waals surface area contributed by atoms with Gasteiger partial charge in [-0.3, -0.25) is 9.89 Å². The highest BCUT2D eigenvalue weighted by molar-refractivity contribution is 6.31. The first-order chi connectivity index (χ1) is 14.0. The van der Waals surface area contributed by atoms with Crippen LogP contribution in [0.25, 0.3) is 21.8 Å². The first kappa shape index (κ1) is 19.1. The number of hydrogen-bond acceptors (Lipinski definition) is 6. The first-order valence-corrected chi connectivity index (χ1v) is 9.49. The molecule has 0 spiro atoms. The lowest BCUT2D eigenvalue weighted by atomic mass is 10.2. The molecular weight excluding hydrogens is 390 g/mol. The minimum absolute atomic E-state index is 0.0842. The molecule has 0 atom stereocenters. The second-order valence-corrected chi connectivity index (χ2v) is 7.30. The maximum atomic E-state index is 12.6. The van der Waals surface area contributed by atoms with E-state index in [9.17, 15) is 4.79 Å². The zero-order valence-electron chi connectivity index (χ0n) is 16.0. The van der Waals surface area contributed by atoms with Gasteiger partial charge in [0.15, 0.2) is 5.82 Å². The molecule has 0 aliphatic carbocycles. The van der Waals surface area contributed by atoms with E-state index in [0.717, 1.165) is 17.4 Å². The average molecular weight is 410 g/mol. The van der Waals surface area contributed by atoms with Gasteiger partial charge in [0.25, 0.3) is 5.91 Å². The predicted octanol–water partition coefficient (Wildman–Crippen LogP) is 3.19. The van der Waals surface area contributed by atoms with Crippen LogP contribution < -0.4 is 10.6 Å². The number of fused-ring (bicyclic) bond motifs is 2. The molecule has 2 heterocycles. The van der Waals surface area contributed by atoms with E-state index in [1.807, 2.05) is 43.3 Å². The Bertz CT molecular complexity index is 1190. The summed E-state index contributed by atoms with van der Waals surface area (Å²) in [6.07, 6.45) is 0. The molecule has 3 N–H and O–H groups in total. The molecule has 9 heteroatoms. The quantitative estimate of drug-likeness (QED) is 0.452. The van der Waals surface area contributed by atoms with Crippen LogP contribution in [0.5, 0.6) is 0 Å². The minimum atomic E-state index is -0.335. The number of carbonyl (C=O) groups excluding carboxylic acids is 1. The van der Waals surface area contributed by atoms with Crippen LogP contribution in [0.4, 0.5) is 11.6 Å². The van der Waals surface area contributed by atoms with Crippen LogP contribution in [0, 0.1) is 0 Å². The molecule has 8 nitrogen and oxygen atoms in total. The van der Waals surface area contributed by atoms with Gasteiger partial charge in [0.05, 0.1) is 11.0 Å². The van der Waals surface area contributed by atoms with Gasteiger partial charge in [-0.2, -0.15) is 5.10 Å². The summed E-state index contributed by atoms with van der Waals surface area (Å²) in [7, 11) is 3.89. The maximum Gasteiger partial charge on any atom is 0.289 e. The second-order valence-electron chi connectivity index (χ2n) is 6.86. The molecule has 1 amide bonds. The summed E-state index contributed by atoms with van der Waals surface area (Å²) in [6.45, 7) is 1.22. The fourth-order valence-electron chi connectivity index (χ4n) is 2.94. The molecule has 29 heavy (non-hydrogen) atoms. The molecule has 0 aliphatic heterocycles.